The summed E-state index contributed by atoms with van der Waals surface area (Å²) in [6.45, 7) is 4.99. The van der Waals surface area contributed by atoms with Crippen LogP contribution in [0.15, 0.2) is 30.3 Å². The van der Waals surface area contributed by atoms with Gasteiger partial charge in [0.2, 0.25) is 0 Å². The maximum atomic E-state index is 6.09. The molecule has 1 rings (SSSR count). The van der Waals surface area contributed by atoms with E-state index >= 15 is 0 Å². The molecular formula is C16H27NO. The molecule has 2 atom stereocenters. The molecule has 0 amide bonds. The molecule has 0 aromatic heterocycles. The Morgan fingerprint density at radius 3 is 2.50 bits per heavy atom. The maximum Gasteiger partial charge on any atom is 0.0662 e. The van der Waals surface area contributed by atoms with Crippen LogP contribution in [0.3, 0.4) is 0 Å². The minimum Gasteiger partial charge on any atom is -0.377 e. The second-order valence-corrected chi connectivity index (χ2v) is 5.01. The second-order valence-electron chi connectivity index (χ2n) is 5.01. The van der Waals surface area contributed by atoms with Crippen molar-refractivity contribution in [2.75, 3.05) is 6.61 Å². The van der Waals surface area contributed by atoms with Gasteiger partial charge in [0.1, 0.15) is 0 Å². The maximum absolute atomic E-state index is 6.09. The van der Waals surface area contributed by atoms with E-state index in [1.54, 1.807) is 0 Å². The highest BCUT2D eigenvalue weighted by atomic mass is 16.5. The summed E-state index contributed by atoms with van der Waals surface area (Å²) in [4.78, 5) is 0. The predicted octanol–water partition coefficient (Wildman–Crippen LogP) is 4.06. The molecule has 0 aliphatic rings. The second kappa shape index (κ2) is 9.12. The summed E-state index contributed by atoms with van der Waals surface area (Å²) in [6, 6.07) is 10.1. The predicted molar refractivity (Wildman–Crippen MR) is 77.5 cm³/mol. The van der Waals surface area contributed by atoms with E-state index in [-0.39, 0.29) is 6.04 Å². The molecule has 102 valence electrons. The van der Waals surface area contributed by atoms with Gasteiger partial charge in [0.05, 0.1) is 18.8 Å². The molecule has 2 heteroatoms. The van der Waals surface area contributed by atoms with Crippen LogP contribution in [-0.4, -0.2) is 12.7 Å². The van der Waals surface area contributed by atoms with Crippen LogP contribution < -0.4 is 5.73 Å². The minimum atomic E-state index is -0.00991. The zero-order chi connectivity index (χ0) is 13.2. The van der Waals surface area contributed by atoms with Gasteiger partial charge < -0.3 is 10.5 Å². The Bertz CT molecular complexity index is 299. The number of benzene rings is 1. The smallest absolute Gasteiger partial charge is 0.0662 e. The van der Waals surface area contributed by atoms with Crippen molar-refractivity contribution in [2.24, 2.45) is 5.73 Å². The molecule has 1 aromatic rings. The Morgan fingerprint density at radius 1 is 1.11 bits per heavy atom. The summed E-state index contributed by atoms with van der Waals surface area (Å²) in [6.07, 6.45) is 6.65. The van der Waals surface area contributed by atoms with E-state index < -0.39 is 0 Å². The standard InChI is InChI=1S/C16H27NO/c1-3-4-5-7-10-14(2)18-13-16(17)15-11-8-6-9-12-15/h6,8-9,11-12,14,16H,3-5,7,10,13,17H2,1-2H3. The average Bonchev–Trinajstić information content (AvgIpc) is 2.42. The van der Waals surface area contributed by atoms with Crippen LogP contribution in [0.1, 0.15) is 57.6 Å². The lowest BCUT2D eigenvalue weighted by atomic mass is 10.1. The van der Waals surface area contributed by atoms with Crippen LogP contribution in [0.4, 0.5) is 0 Å². The van der Waals surface area contributed by atoms with E-state index in [2.05, 4.69) is 26.0 Å². The number of unbranched alkanes of at least 4 members (excludes halogenated alkanes) is 3. The lowest BCUT2D eigenvalue weighted by molar-refractivity contribution is 0.0491. The normalized spacial score (nSPS) is 14.4. The van der Waals surface area contributed by atoms with Crippen molar-refractivity contribution in [3.8, 4) is 0 Å². The molecule has 1 aromatic carbocycles. The molecule has 2 unspecified atom stereocenters. The van der Waals surface area contributed by atoms with Gasteiger partial charge in [-0.2, -0.15) is 0 Å². The van der Waals surface area contributed by atoms with Crippen LogP contribution in [-0.2, 0) is 4.74 Å². The van der Waals surface area contributed by atoms with Gasteiger partial charge in [-0.1, -0.05) is 62.9 Å². The van der Waals surface area contributed by atoms with Crippen molar-refractivity contribution in [3.63, 3.8) is 0 Å². The average molecular weight is 249 g/mol. The van der Waals surface area contributed by atoms with E-state index in [0.717, 1.165) is 12.0 Å². The van der Waals surface area contributed by atoms with Crippen LogP contribution in [0.2, 0.25) is 0 Å². The molecule has 0 bridgehead atoms. The van der Waals surface area contributed by atoms with Gasteiger partial charge >= 0.3 is 0 Å². The Labute approximate surface area is 112 Å². The molecule has 0 aliphatic heterocycles. The molecule has 0 fully saturated rings. The van der Waals surface area contributed by atoms with E-state index in [4.69, 9.17) is 10.5 Å². The lowest BCUT2D eigenvalue weighted by Gasteiger charge is -2.17. The van der Waals surface area contributed by atoms with Crippen molar-refractivity contribution in [2.45, 2.75) is 58.1 Å². The topological polar surface area (TPSA) is 35.2 Å². The molecule has 0 saturated heterocycles. The zero-order valence-electron chi connectivity index (χ0n) is 11.8. The largest absolute Gasteiger partial charge is 0.377 e. The summed E-state index contributed by atoms with van der Waals surface area (Å²) in [5.74, 6) is 0. The van der Waals surface area contributed by atoms with Gasteiger partial charge in [-0.15, -0.1) is 0 Å². The third kappa shape index (κ3) is 6.18. The Balaban J connectivity index is 2.16. The fourth-order valence-electron chi connectivity index (χ4n) is 2.01. The molecule has 0 saturated carbocycles. The Kier molecular flexibility index (Phi) is 7.70. The fraction of sp³-hybridized carbons (Fsp3) is 0.625. The van der Waals surface area contributed by atoms with Crippen LogP contribution in [0.5, 0.6) is 0 Å². The monoisotopic (exact) mass is 249 g/mol. The number of ether oxygens (including phenoxy) is 1. The van der Waals surface area contributed by atoms with E-state index in [9.17, 15) is 0 Å². The highest BCUT2D eigenvalue weighted by Gasteiger charge is 2.08. The van der Waals surface area contributed by atoms with Gasteiger partial charge in [0.25, 0.3) is 0 Å². The summed E-state index contributed by atoms with van der Waals surface area (Å²) in [5.41, 5.74) is 7.24. The van der Waals surface area contributed by atoms with Crippen molar-refractivity contribution >= 4 is 0 Å². The van der Waals surface area contributed by atoms with Gasteiger partial charge in [-0.3, -0.25) is 0 Å². The van der Waals surface area contributed by atoms with Crippen molar-refractivity contribution in [1.82, 2.24) is 0 Å². The third-order valence-electron chi connectivity index (χ3n) is 3.25. The number of rotatable bonds is 9. The molecule has 0 heterocycles. The number of nitrogens with two attached hydrogens (primary N) is 1. The van der Waals surface area contributed by atoms with Crippen molar-refractivity contribution in [1.29, 1.82) is 0 Å². The van der Waals surface area contributed by atoms with E-state index in [0.29, 0.717) is 12.7 Å². The summed E-state index contributed by atoms with van der Waals surface area (Å²) >= 11 is 0. The number of hydrogen-bond donors (Lipinski definition) is 1. The fourth-order valence-corrected chi connectivity index (χ4v) is 2.01. The van der Waals surface area contributed by atoms with Crippen LogP contribution >= 0.6 is 0 Å². The molecule has 18 heavy (non-hydrogen) atoms. The quantitative estimate of drug-likeness (QED) is 0.670. The van der Waals surface area contributed by atoms with E-state index in [1.807, 2.05) is 18.2 Å². The molecule has 0 radical (unpaired) electrons. The molecule has 0 aliphatic carbocycles. The molecule has 2 N–H and O–H groups in total. The first-order valence-corrected chi connectivity index (χ1v) is 7.16. The minimum absolute atomic E-state index is 0.00991. The molecule has 0 spiro atoms. The first-order valence-electron chi connectivity index (χ1n) is 7.16. The first kappa shape index (κ1) is 15.2. The highest BCUT2D eigenvalue weighted by Crippen LogP contribution is 2.13. The van der Waals surface area contributed by atoms with Gasteiger partial charge in [-0.25, -0.2) is 0 Å². The number of hydrogen-bond acceptors (Lipinski definition) is 2. The first-order chi connectivity index (χ1) is 8.74. The summed E-state index contributed by atoms with van der Waals surface area (Å²) < 4.78 is 5.81. The van der Waals surface area contributed by atoms with Gasteiger partial charge in [-0.05, 0) is 18.9 Å². The lowest BCUT2D eigenvalue weighted by Crippen LogP contribution is -2.20. The van der Waals surface area contributed by atoms with Gasteiger partial charge in [0.15, 0.2) is 0 Å². The SMILES string of the molecule is CCCCCCC(C)OCC(N)c1ccccc1. The Hall–Kier alpha value is -0.860. The van der Waals surface area contributed by atoms with Crippen LogP contribution in [0, 0.1) is 0 Å². The van der Waals surface area contributed by atoms with Crippen molar-refractivity contribution < 1.29 is 4.74 Å². The molecule has 2 nitrogen and oxygen atoms in total. The third-order valence-corrected chi connectivity index (χ3v) is 3.25. The Morgan fingerprint density at radius 2 is 1.83 bits per heavy atom. The molecular weight excluding hydrogens is 222 g/mol. The summed E-state index contributed by atoms with van der Waals surface area (Å²) in [5, 5.41) is 0. The highest BCUT2D eigenvalue weighted by molar-refractivity contribution is 5.18. The summed E-state index contributed by atoms with van der Waals surface area (Å²) in [7, 11) is 0. The van der Waals surface area contributed by atoms with Crippen LogP contribution in [0.25, 0.3) is 0 Å². The van der Waals surface area contributed by atoms with Gasteiger partial charge in [0, 0.05) is 0 Å². The zero-order valence-corrected chi connectivity index (χ0v) is 11.8. The van der Waals surface area contributed by atoms with Crippen molar-refractivity contribution in [3.05, 3.63) is 35.9 Å². The van der Waals surface area contributed by atoms with E-state index in [1.165, 1.54) is 25.7 Å².